The zero-order valence-corrected chi connectivity index (χ0v) is 15.4. The Hall–Kier alpha value is -3.14. The van der Waals surface area contributed by atoms with Crippen LogP contribution in [0.5, 0.6) is 5.75 Å². The van der Waals surface area contributed by atoms with Gasteiger partial charge in [0.15, 0.2) is 0 Å². The molecule has 0 saturated heterocycles. The Morgan fingerprint density at radius 3 is 1.85 bits per heavy atom. The molecule has 1 N–H and O–H groups in total. The monoisotopic (exact) mass is 352 g/mol. The summed E-state index contributed by atoms with van der Waals surface area (Å²) in [5.74, 6) is -0.649. The molecule has 0 aliphatic rings. The highest BCUT2D eigenvalue weighted by Gasteiger charge is 2.10. The predicted octanol–water partition coefficient (Wildman–Crippen LogP) is 4.82. The van der Waals surface area contributed by atoms with Crippen LogP contribution in [0, 0.1) is 0 Å². The predicted molar refractivity (Wildman–Crippen MR) is 103 cm³/mol. The van der Waals surface area contributed by atoms with Crippen LogP contribution < -0.4 is 4.74 Å². The first-order chi connectivity index (χ1) is 12.3. The third-order valence-corrected chi connectivity index (χ3v) is 3.58. The summed E-state index contributed by atoms with van der Waals surface area (Å²) < 4.78 is 5.34. The second kappa shape index (κ2) is 10.7. The van der Waals surface area contributed by atoms with Crippen molar-refractivity contribution in [1.29, 1.82) is 0 Å². The van der Waals surface area contributed by atoms with Crippen LogP contribution in [-0.2, 0) is 16.0 Å². The van der Waals surface area contributed by atoms with Crippen molar-refractivity contribution in [3.05, 3.63) is 89.5 Å². The van der Waals surface area contributed by atoms with E-state index in [1.165, 1.54) is 12.5 Å². The van der Waals surface area contributed by atoms with Crippen LogP contribution in [0.15, 0.2) is 84.0 Å². The average Bonchev–Trinajstić information content (AvgIpc) is 2.63. The Balaban J connectivity index is 0.000000487. The molecule has 0 aliphatic carbocycles. The number of hydrogen-bond acceptors (Lipinski definition) is 3. The minimum Gasteiger partial charge on any atom is -0.478 e. The van der Waals surface area contributed by atoms with Crippen LogP contribution in [0.1, 0.15) is 26.3 Å². The molecule has 0 aromatic heterocycles. The standard InChI is InChI=1S/C18H18O2.C4H6O2/c1-14(13-16-9-5-3-6-10-16)15(2)18(19)20-17-11-7-4-8-12-17;1-3(2)4(5)6/h3-12H,13H2,1-2H3;1H2,2H3,(H,5,6). The first-order valence-electron chi connectivity index (χ1n) is 8.17. The molecular formula is C22H24O4. The summed E-state index contributed by atoms with van der Waals surface area (Å²) in [6, 6.07) is 19.2. The molecule has 2 aromatic carbocycles. The van der Waals surface area contributed by atoms with Crippen LogP contribution in [0.2, 0.25) is 0 Å². The lowest BCUT2D eigenvalue weighted by molar-refractivity contribution is -0.132. The number of benzene rings is 2. The minimum atomic E-state index is -0.935. The van der Waals surface area contributed by atoms with Crippen LogP contribution in [0.25, 0.3) is 0 Å². The second-order valence-corrected chi connectivity index (χ2v) is 5.86. The van der Waals surface area contributed by atoms with E-state index in [0.29, 0.717) is 11.3 Å². The lowest BCUT2D eigenvalue weighted by Crippen LogP contribution is -2.11. The summed E-state index contributed by atoms with van der Waals surface area (Å²) in [5, 5.41) is 7.89. The molecule has 0 unspecified atom stereocenters. The number of aliphatic carboxylic acids is 1. The van der Waals surface area contributed by atoms with E-state index < -0.39 is 5.97 Å². The summed E-state index contributed by atoms with van der Waals surface area (Å²) in [6.07, 6.45) is 0.760. The molecule has 136 valence electrons. The highest BCUT2D eigenvalue weighted by atomic mass is 16.5. The lowest BCUT2D eigenvalue weighted by atomic mass is 10.0. The highest BCUT2D eigenvalue weighted by molar-refractivity contribution is 5.90. The van der Waals surface area contributed by atoms with Gasteiger partial charge in [-0.15, -0.1) is 0 Å². The van der Waals surface area contributed by atoms with E-state index >= 15 is 0 Å². The van der Waals surface area contributed by atoms with Gasteiger partial charge in [-0.25, -0.2) is 9.59 Å². The van der Waals surface area contributed by atoms with Gasteiger partial charge in [0.25, 0.3) is 0 Å². The van der Waals surface area contributed by atoms with Gasteiger partial charge in [0.1, 0.15) is 5.75 Å². The molecule has 0 saturated carbocycles. The van der Waals surface area contributed by atoms with Gasteiger partial charge in [-0.3, -0.25) is 0 Å². The number of allylic oxidation sites excluding steroid dienone is 1. The largest absolute Gasteiger partial charge is 0.478 e. The Morgan fingerprint density at radius 1 is 0.923 bits per heavy atom. The van der Waals surface area contributed by atoms with E-state index in [0.717, 1.165) is 12.0 Å². The topological polar surface area (TPSA) is 63.6 Å². The SMILES string of the molecule is C=C(C)C(=O)O.CC(Cc1ccccc1)=C(C)C(=O)Oc1ccccc1. The summed E-state index contributed by atoms with van der Waals surface area (Å²) in [7, 11) is 0. The quantitative estimate of drug-likeness (QED) is 0.476. The van der Waals surface area contributed by atoms with Gasteiger partial charge in [-0.2, -0.15) is 0 Å². The summed E-state index contributed by atoms with van der Waals surface area (Å²) in [4.78, 5) is 21.7. The molecule has 2 aromatic rings. The van der Waals surface area contributed by atoms with E-state index in [1.807, 2.05) is 50.2 Å². The third kappa shape index (κ3) is 7.62. The van der Waals surface area contributed by atoms with Crippen LogP contribution in [0.4, 0.5) is 0 Å². The fourth-order valence-electron chi connectivity index (χ4n) is 1.88. The van der Waals surface area contributed by atoms with Crippen molar-refractivity contribution in [2.75, 3.05) is 0 Å². The molecule has 0 fully saturated rings. The maximum Gasteiger partial charge on any atom is 0.339 e. The molecule has 0 atom stereocenters. The molecule has 0 amide bonds. The van der Waals surface area contributed by atoms with Gasteiger partial charge < -0.3 is 9.84 Å². The van der Waals surface area contributed by atoms with Crippen LogP contribution in [-0.4, -0.2) is 17.0 Å². The number of ether oxygens (including phenoxy) is 1. The van der Waals surface area contributed by atoms with Crippen molar-refractivity contribution in [3.8, 4) is 5.75 Å². The Bertz CT molecular complexity index is 762. The van der Waals surface area contributed by atoms with Crippen molar-refractivity contribution in [2.45, 2.75) is 27.2 Å². The zero-order valence-electron chi connectivity index (χ0n) is 15.4. The maximum absolute atomic E-state index is 12.1. The van der Waals surface area contributed by atoms with E-state index in [-0.39, 0.29) is 11.5 Å². The second-order valence-electron chi connectivity index (χ2n) is 5.86. The minimum absolute atomic E-state index is 0.176. The summed E-state index contributed by atoms with van der Waals surface area (Å²) >= 11 is 0. The van der Waals surface area contributed by atoms with Gasteiger partial charge in [0.2, 0.25) is 0 Å². The zero-order chi connectivity index (χ0) is 19.5. The molecular weight excluding hydrogens is 328 g/mol. The molecule has 0 spiro atoms. The first-order valence-corrected chi connectivity index (χ1v) is 8.17. The fraction of sp³-hybridized carbons (Fsp3) is 0.182. The molecule has 26 heavy (non-hydrogen) atoms. The van der Waals surface area contributed by atoms with Crippen molar-refractivity contribution >= 4 is 11.9 Å². The van der Waals surface area contributed by atoms with E-state index in [2.05, 4.69) is 18.7 Å². The van der Waals surface area contributed by atoms with Crippen molar-refractivity contribution in [2.24, 2.45) is 0 Å². The molecule has 4 nitrogen and oxygen atoms in total. The first kappa shape index (κ1) is 20.9. The van der Waals surface area contributed by atoms with E-state index in [1.54, 1.807) is 12.1 Å². The van der Waals surface area contributed by atoms with Gasteiger partial charge in [0.05, 0.1) is 0 Å². The number of carboxylic acids is 1. The fourth-order valence-corrected chi connectivity index (χ4v) is 1.88. The highest BCUT2D eigenvalue weighted by Crippen LogP contribution is 2.15. The smallest absolute Gasteiger partial charge is 0.339 e. The van der Waals surface area contributed by atoms with Gasteiger partial charge in [0, 0.05) is 11.1 Å². The van der Waals surface area contributed by atoms with Gasteiger partial charge >= 0.3 is 11.9 Å². The molecule has 0 aliphatic heterocycles. The molecule has 2 rings (SSSR count). The molecule has 0 radical (unpaired) electrons. The third-order valence-electron chi connectivity index (χ3n) is 3.58. The lowest BCUT2D eigenvalue weighted by Gasteiger charge is -2.08. The summed E-state index contributed by atoms with van der Waals surface area (Å²) in [5.41, 5.74) is 3.06. The Morgan fingerprint density at radius 2 is 1.38 bits per heavy atom. The van der Waals surface area contributed by atoms with Gasteiger partial charge in [-0.05, 0) is 44.9 Å². The van der Waals surface area contributed by atoms with Gasteiger partial charge in [-0.1, -0.05) is 60.7 Å². The average molecular weight is 352 g/mol. The van der Waals surface area contributed by atoms with Crippen LogP contribution in [0.3, 0.4) is 0 Å². The maximum atomic E-state index is 12.1. The summed E-state index contributed by atoms with van der Waals surface area (Å²) in [6.45, 7) is 8.38. The Kier molecular flexibility index (Phi) is 8.58. The molecule has 0 bridgehead atoms. The van der Waals surface area contributed by atoms with Crippen molar-refractivity contribution in [3.63, 3.8) is 0 Å². The van der Waals surface area contributed by atoms with Crippen molar-refractivity contribution < 1.29 is 19.4 Å². The van der Waals surface area contributed by atoms with Crippen molar-refractivity contribution in [1.82, 2.24) is 0 Å². The number of para-hydroxylation sites is 1. The normalized spacial score (nSPS) is 10.7. The number of carbonyl (C=O) groups excluding carboxylic acids is 1. The van der Waals surface area contributed by atoms with Crippen LogP contribution >= 0.6 is 0 Å². The number of esters is 1. The van der Waals surface area contributed by atoms with E-state index in [4.69, 9.17) is 9.84 Å². The molecule has 4 heteroatoms. The number of carboxylic acid groups (broad SMARTS) is 1. The molecule has 0 heterocycles. The number of carbonyl (C=O) groups is 2. The number of rotatable bonds is 5. The Labute approximate surface area is 154 Å². The van der Waals surface area contributed by atoms with E-state index in [9.17, 15) is 9.59 Å². The number of hydrogen-bond donors (Lipinski definition) is 1.